The van der Waals surface area contributed by atoms with E-state index in [0.29, 0.717) is 0 Å². The molecule has 0 aromatic heterocycles. The van der Waals surface area contributed by atoms with E-state index < -0.39 is 0 Å². The zero-order chi connectivity index (χ0) is 9.86. The summed E-state index contributed by atoms with van der Waals surface area (Å²) in [6.07, 6.45) is 6.16. The summed E-state index contributed by atoms with van der Waals surface area (Å²) in [6, 6.07) is 10.7. The molecule has 0 amide bonds. The first-order valence-electron chi connectivity index (χ1n) is 5.44. The van der Waals surface area contributed by atoms with Crippen LogP contribution in [0.3, 0.4) is 0 Å². The molecule has 0 aliphatic heterocycles. The highest BCUT2D eigenvalue weighted by atomic mass is 16.5. The van der Waals surface area contributed by atoms with E-state index in [1.807, 2.05) is 7.11 Å². The van der Waals surface area contributed by atoms with Crippen LogP contribution in [0.2, 0.25) is 0 Å². The minimum atomic E-state index is 0.140. The lowest BCUT2D eigenvalue weighted by atomic mass is 9.93. The third-order valence-corrected chi connectivity index (χ3v) is 3.32. The van der Waals surface area contributed by atoms with Crippen LogP contribution >= 0.6 is 0 Å². The molecule has 1 aromatic rings. The quantitative estimate of drug-likeness (QED) is 0.711. The van der Waals surface area contributed by atoms with Crippen LogP contribution < -0.4 is 0 Å². The van der Waals surface area contributed by atoms with Crippen LogP contribution in [0.1, 0.15) is 31.2 Å². The topological polar surface area (TPSA) is 9.23 Å². The molecule has 0 spiro atoms. The van der Waals surface area contributed by atoms with Crippen LogP contribution in [0.25, 0.3) is 0 Å². The average molecular weight is 190 g/mol. The largest absolute Gasteiger partial charge is 0.378 e. The van der Waals surface area contributed by atoms with Gasteiger partial charge in [0.15, 0.2) is 0 Å². The number of hydrogen-bond donors (Lipinski definition) is 0. The summed E-state index contributed by atoms with van der Waals surface area (Å²) in [6.45, 7) is 0. The number of benzene rings is 1. The third kappa shape index (κ3) is 1.98. The molecule has 14 heavy (non-hydrogen) atoms. The average Bonchev–Trinajstić information content (AvgIpc) is 2.69. The predicted octanol–water partition coefficient (Wildman–Crippen LogP) is 3.19. The van der Waals surface area contributed by atoms with Gasteiger partial charge in [-0.3, -0.25) is 0 Å². The molecule has 0 atom stereocenters. The fraction of sp³-hybridized carbons (Fsp3) is 0.538. The Morgan fingerprint density at radius 2 is 1.79 bits per heavy atom. The van der Waals surface area contributed by atoms with Crippen molar-refractivity contribution in [2.75, 3.05) is 7.11 Å². The van der Waals surface area contributed by atoms with Crippen LogP contribution in [0.5, 0.6) is 0 Å². The first-order valence-corrected chi connectivity index (χ1v) is 5.44. The lowest BCUT2D eigenvalue weighted by Gasteiger charge is -2.27. The van der Waals surface area contributed by atoms with Gasteiger partial charge in [0.25, 0.3) is 0 Å². The molecule has 0 heterocycles. The van der Waals surface area contributed by atoms with E-state index in [-0.39, 0.29) is 5.60 Å². The van der Waals surface area contributed by atoms with Crippen molar-refractivity contribution in [3.05, 3.63) is 35.9 Å². The van der Waals surface area contributed by atoms with Crippen molar-refractivity contribution in [1.29, 1.82) is 0 Å². The van der Waals surface area contributed by atoms with Gasteiger partial charge in [-0.15, -0.1) is 0 Å². The molecule has 1 nitrogen and oxygen atoms in total. The molecule has 76 valence electrons. The Kier molecular flexibility index (Phi) is 2.87. The molecular formula is C13H18O. The molecule has 0 N–H and O–H groups in total. The highest BCUT2D eigenvalue weighted by molar-refractivity contribution is 5.17. The first-order chi connectivity index (χ1) is 6.85. The van der Waals surface area contributed by atoms with Gasteiger partial charge in [-0.1, -0.05) is 43.2 Å². The second-order valence-corrected chi connectivity index (χ2v) is 4.26. The fourth-order valence-electron chi connectivity index (χ4n) is 2.44. The summed E-state index contributed by atoms with van der Waals surface area (Å²) in [5.41, 5.74) is 1.54. The van der Waals surface area contributed by atoms with E-state index in [0.717, 1.165) is 6.42 Å². The van der Waals surface area contributed by atoms with Crippen LogP contribution in [0.15, 0.2) is 30.3 Å². The molecule has 1 aliphatic rings. The molecule has 1 heteroatoms. The Balaban J connectivity index is 2.08. The van der Waals surface area contributed by atoms with Gasteiger partial charge in [0, 0.05) is 13.5 Å². The summed E-state index contributed by atoms with van der Waals surface area (Å²) in [5.74, 6) is 0. The molecular weight excluding hydrogens is 172 g/mol. The molecule has 1 aromatic carbocycles. The number of rotatable bonds is 3. The second kappa shape index (κ2) is 4.14. The lowest BCUT2D eigenvalue weighted by molar-refractivity contribution is -0.00376. The van der Waals surface area contributed by atoms with Crippen molar-refractivity contribution < 1.29 is 4.74 Å². The maximum Gasteiger partial charge on any atom is 0.0718 e. The Morgan fingerprint density at radius 1 is 1.14 bits per heavy atom. The van der Waals surface area contributed by atoms with Gasteiger partial charge >= 0.3 is 0 Å². The van der Waals surface area contributed by atoms with Gasteiger partial charge in [0.2, 0.25) is 0 Å². The standard InChI is InChI=1S/C13H18O/c1-14-13(9-5-6-10-13)11-12-7-3-2-4-8-12/h2-4,7-8H,5-6,9-11H2,1H3. The van der Waals surface area contributed by atoms with Crippen molar-refractivity contribution in [1.82, 2.24) is 0 Å². The van der Waals surface area contributed by atoms with Crippen LogP contribution in [-0.4, -0.2) is 12.7 Å². The van der Waals surface area contributed by atoms with Gasteiger partial charge in [0.1, 0.15) is 0 Å². The zero-order valence-corrected chi connectivity index (χ0v) is 8.83. The van der Waals surface area contributed by atoms with Crippen molar-refractivity contribution in [3.8, 4) is 0 Å². The predicted molar refractivity (Wildman–Crippen MR) is 58.4 cm³/mol. The molecule has 2 rings (SSSR count). The molecule has 0 saturated heterocycles. The van der Waals surface area contributed by atoms with E-state index in [1.54, 1.807) is 0 Å². The monoisotopic (exact) mass is 190 g/mol. The van der Waals surface area contributed by atoms with Gasteiger partial charge in [-0.2, -0.15) is 0 Å². The number of ether oxygens (including phenoxy) is 1. The van der Waals surface area contributed by atoms with E-state index in [4.69, 9.17) is 4.74 Å². The van der Waals surface area contributed by atoms with Crippen molar-refractivity contribution in [3.63, 3.8) is 0 Å². The minimum absolute atomic E-state index is 0.140. The highest BCUT2D eigenvalue weighted by Crippen LogP contribution is 2.35. The zero-order valence-electron chi connectivity index (χ0n) is 8.83. The number of hydrogen-bond acceptors (Lipinski definition) is 1. The van der Waals surface area contributed by atoms with Crippen molar-refractivity contribution in [2.45, 2.75) is 37.7 Å². The van der Waals surface area contributed by atoms with Gasteiger partial charge < -0.3 is 4.74 Å². The first kappa shape index (κ1) is 9.72. The Hall–Kier alpha value is -0.820. The normalized spacial score (nSPS) is 19.8. The Bertz CT molecular complexity index is 273. The van der Waals surface area contributed by atoms with Crippen LogP contribution in [-0.2, 0) is 11.2 Å². The Morgan fingerprint density at radius 3 is 2.36 bits per heavy atom. The third-order valence-electron chi connectivity index (χ3n) is 3.32. The second-order valence-electron chi connectivity index (χ2n) is 4.26. The Labute approximate surface area is 86.1 Å². The SMILES string of the molecule is COC1(Cc2ccccc2)CCCC1. The van der Waals surface area contributed by atoms with Crippen LogP contribution in [0, 0.1) is 0 Å². The summed E-state index contributed by atoms with van der Waals surface area (Å²) in [5, 5.41) is 0. The molecule has 1 saturated carbocycles. The van der Waals surface area contributed by atoms with E-state index >= 15 is 0 Å². The maximum absolute atomic E-state index is 5.70. The summed E-state index contributed by atoms with van der Waals surface area (Å²) >= 11 is 0. The fourth-order valence-corrected chi connectivity index (χ4v) is 2.44. The molecule has 1 aliphatic carbocycles. The summed E-state index contributed by atoms with van der Waals surface area (Å²) in [4.78, 5) is 0. The van der Waals surface area contributed by atoms with Gasteiger partial charge in [0.05, 0.1) is 5.60 Å². The smallest absolute Gasteiger partial charge is 0.0718 e. The number of methoxy groups -OCH3 is 1. The van der Waals surface area contributed by atoms with Crippen molar-refractivity contribution in [2.24, 2.45) is 0 Å². The summed E-state index contributed by atoms with van der Waals surface area (Å²) in [7, 11) is 1.86. The summed E-state index contributed by atoms with van der Waals surface area (Å²) < 4.78 is 5.70. The highest BCUT2D eigenvalue weighted by Gasteiger charge is 2.33. The van der Waals surface area contributed by atoms with Gasteiger partial charge in [-0.25, -0.2) is 0 Å². The van der Waals surface area contributed by atoms with E-state index in [9.17, 15) is 0 Å². The van der Waals surface area contributed by atoms with E-state index in [1.165, 1.54) is 31.2 Å². The molecule has 0 radical (unpaired) electrons. The van der Waals surface area contributed by atoms with Crippen molar-refractivity contribution >= 4 is 0 Å². The molecule has 1 fully saturated rings. The van der Waals surface area contributed by atoms with Gasteiger partial charge in [-0.05, 0) is 18.4 Å². The maximum atomic E-state index is 5.70. The van der Waals surface area contributed by atoms with E-state index in [2.05, 4.69) is 30.3 Å². The minimum Gasteiger partial charge on any atom is -0.378 e. The molecule has 0 bridgehead atoms. The van der Waals surface area contributed by atoms with Crippen LogP contribution in [0.4, 0.5) is 0 Å². The molecule has 0 unspecified atom stereocenters. The lowest BCUT2D eigenvalue weighted by Crippen LogP contribution is -2.30.